The molecule has 1 aliphatic heterocycles. The Morgan fingerprint density at radius 3 is 2.69 bits per heavy atom. The summed E-state index contributed by atoms with van der Waals surface area (Å²) in [5.74, 6) is 1.36. The number of benzene rings is 1. The fourth-order valence-electron chi connectivity index (χ4n) is 1.62. The molecule has 1 aliphatic rings. The SMILES string of the molecule is CC(C)C(C)N1C=Cc2c(N)cccc2O1. The molecule has 0 spiro atoms. The van der Waals surface area contributed by atoms with Crippen molar-refractivity contribution in [1.82, 2.24) is 5.06 Å². The second-order valence-corrected chi connectivity index (χ2v) is 4.51. The number of hydrogen-bond acceptors (Lipinski definition) is 3. The van der Waals surface area contributed by atoms with Crippen LogP contribution in [-0.4, -0.2) is 11.1 Å². The summed E-state index contributed by atoms with van der Waals surface area (Å²) in [7, 11) is 0. The van der Waals surface area contributed by atoms with Gasteiger partial charge in [-0.15, -0.1) is 0 Å². The molecule has 2 rings (SSSR count). The molecule has 0 radical (unpaired) electrons. The minimum Gasteiger partial charge on any atom is -0.398 e. The lowest BCUT2D eigenvalue weighted by molar-refractivity contribution is -0.0573. The van der Waals surface area contributed by atoms with Gasteiger partial charge >= 0.3 is 0 Å². The van der Waals surface area contributed by atoms with Crippen LogP contribution in [0, 0.1) is 5.92 Å². The van der Waals surface area contributed by atoms with Crippen molar-refractivity contribution in [2.24, 2.45) is 5.92 Å². The molecule has 2 N–H and O–H groups in total. The number of rotatable bonds is 2. The Hall–Kier alpha value is -1.64. The van der Waals surface area contributed by atoms with Crippen molar-refractivity contribution in [2.75, 3.05) is 5.73 Å². The van der Waals surface area contributed by atoms with Gasteiger partial charge in [0.25, 0.3) is 0 Å². The third-order valence-electron chi connectivity index (χ3n) is 3.06. The van der Waals surface area contributed by atoms with E-state index in [1.165, 1.54) is 0 Å². The number of anilines is 1. The van der Waals surface area contributed by atoms with Crippen LogP contribution in [0.2, 0.25) is 0 Å². The fraction of sp³-hybridized carbons (Fsp3) is 0.385. The van der Waals surface area contributed by atoms with Crippen molar-refractivity contribution in [3.8, 4) is 5.75 Å². The second kappa shape index (κ2) is 4.08. The van der Waals surface area contributed by atoms with Gasteiger partial charge in [0.1, 0.15) is 0 Å². The highest BCUT2D eigenvalue weighted by Gasteiger charge is 2.20. The molecule has 1 heterocycles. The zero-order chi connectivity index (χ0) is 11.7. The van der Waals surface area contributed by atoms with Crippen molar-refractivity contribution in [1.29, 1.82) is 0 Å². The molecule has 86 valence electrons. The molecule has 0 saturated heterocycles. The van der Waals surface area contributed by atoms with Crippen molar-refractivity contribution >= 4 is 11.8 Å². The van der Waals surface area contributed by atoms with Gasteiger partial charge < -0.3 is 10.6 Å². The van der Waals surface area contributed by atoms with Crippen molar-refractivity contribution < 1.29 is 4.84 Å². The van der Waals surface area contributed by atoms with Crippen molar-refractivity contribution in [2.45, 2.75) is 26.8 Å². The van der Waals surface area contributed by atoms with Gasteiger partial charge in [-0.1, -0.05) is 19.9 Å². The van der Waals surface area contributed by atoms with Crippen molar-refractivity contribution in [3.05, 3.63) is 30.0 Å². The Morgan fingerprint density at radius 1 is 1.25 bits per heavy atom. The molecule has 0 aromatic heterocycles. The van der Waals surface area contributed by atoms with Crippen molar-refractivity contribution in [3.63, 3.8) is 0 Å². The Balaban J connectivity index is 2.25. The first-order chi connectivity index (χ1) is 7.59. The molecule has 1 atom stereocenters. The maximum absolute atomic E-state index is 5.87. The molecule has 3 nitrogen and oxygen atoms in total. The molecule has 0 amide bonds. The van der Waals surface area contributed by atoms with Gasteiger partial charge in [-0.2, -0.15) is 0 Å². The van der Waals surface area contributed by atoms with Gasteiger partial charge in [0, 0.05) is 17.5 Å². The smallest absolute Gasteiger partial charge is 0.164 e. The molecular formula is C13H18N2O. The van der Waals surface area contributed by atoms with E-state index in [1.54, 1.807) is 0 Å². The molecule has 0 aliphatic carbocycles. The minimum atomic E-state index is 0.339. The predicted molar refractivity (Wildman–Crippen MR) is 66.7 cm³/mol. The highest BCUT2D eigenvalue weighted by Crippen LogP contribution is 2.31. The first kappa shape index (κ1) is 10.9. The van der Waals surface area contributed by atoms with Crippen LogP contribution >= 0.6 is 0 Å². The molecular weight excluding hydrogens is 200 g/mol. The van der Waals surface area contributed by atoms with E-state index in [1.807, 2.05) is 35.5 Å². The van der Waals surface area contributed by atoms with E-state index in [4.69, 9.17) is 10.6 Å². The van der Waals surface area contributed by atoms with E-state index in [-0.39, 0.29) is 0 Å². The van der Waals surface area contributed by atoms with E-state index in [0.29, 0.717) is 12.0 Å². The van der Waals surface area contributed by atoms with Gasteiger partial charge in [0.15, 0.2) is 5.75 Å². The lowest BCUT2D eigenvalue weighted by Crippen LogP contribution is -2.36. The molecule has 0 bridgehead atoms. The first-order valence-electron chi connectivity index (χ1n) is 5.62. The number of nitrogens with zero attached hydrogens (tertiary/aromatic N) is 1. The Kier molecular flexibility index (Phi) is 2.77. The Labute approximate surface area is 96.5 Å². The Bertz CT molecular complexity index is 412. The van der Waals surface area contributed by atoms with Crippen LogP contribution in [-0.2, 0) is 0 Å². The lowest BCUT2D eigenvalue weighted by atomic mass is 10.1. The molecule has 0 saturated carbocycles. The minimum absolute atomic E-state index is 0.339. The molecule has 0 fully saturated rings. The number of nitrogen functional groups attached to an aromatic ring is 1. The van der Waals surface area contributed by atoms with Crippen LogP contribution in [0.1, 0.15) is 26.3 Å². The van der Waals surface area contributed by atoms with Crippen LogP contribution < -0.4 is 10.6 Å². The molecule has 16 heavy (non-hydrogen) atoms. The highest BCUT2D eigenvalue weighted by molar-refractivity contribution is 5.70. The van der Waals surface area contributed by atoms with E-state index >= 15 is 0 Å². The summed E-state index contributed by atoms with van der Waals surface area (Å²) in [6.07, 6.45) is 3.95. The maximum Gasteiger partial charge on any atom is 0.164 e. The van der Waals surface area contributed by atoms with E-state index in [0.717, 1.165) is 17.0 Å². The average Bonchev–Trinajstić information content (AvgIpc) is 2.28. The van der Waals surface area contributed by atoms with Gasteiger partial charge in [-0.3, -0.25) is 0 Å². The normalized spacial score (nSPS) is 15.9. The first-order valence-corrected chi connectivity index (χ1v) is 5.62. The highest BCUT2D eigenvalue weighted by atomic mass is 16.7. The summed E-state index contributed by atoms with van der Waals surface area (Å²) >= 11 is 0. The number of hydrogen-bond donors (Lipinski definition) is 1. The number of nitrogens with two attached hydrogens (primary N) is 1. The molecule has 1 unspecified atom stereocenters. The summed E-state index contributed by atoms with van der Waals surface area (Å²) in [5.41, 5.74) is 7.60. The fourth-order valence-corrected chi connectivity index (χ4v) is 1.62. The van der Waals surface area contributed by atoms with E-state index < -0.39 is 0 Å². The van der Waals surface area contributed by atoms with Crippen LogP contribution in [0.15, 0.2) is 24.4 Å². The third kappa shape index (κ3) is 1.85. The van der Waals surface area contributed by atoms with Crippen LogP contribution in [0.4, 0.5) is 5.69 Å². The van der Waals surface area contributed by atoms with Crippen LogP contribution in [0.5, 0.6) is 5.75 Å². The summed E-state index contributed by atoms with van der Waals surface area (Å²) in [6, 6.07) is 6.07. The molecule has 3 heteroatoms. The summed E-state index contributed by atoms with van der Waals surface area (Å²) in [5, 5.41) is 1.88. The van der Waals surface area contributed by atoms with E-state index in [9.17, 15) is 0 Å². The summed E-state index contributed by atoms with van der Waals surface area (Å²) in [4.78, 5) is 5.80. The number of hydroxylamine groups is 2. The van der Waals surface area contributed by atoms with Gasteiger partial charge in [0.2, 0.25) is 0 Å². The van der Waals surface area contributed by atoms with Crippen LogP contribution in [0.3, 0.4) is 0 Å². The van der Waals surface area contributed by atoms with Gasteiger partial charge in [0.05, 0.1) is 6.04 Å². The lowest BCUT2D eigenvalue weighted by Gasteiger charge is -2.32. The van der Waals surface area contributed by atoms with Gasteiger partial charge in [-0.25, -0.2) is 5.06 Å². The largest absolute Gasteiger partial charge is 0.398 e. The summed E-state index contributed by atoms with van der Waals surface area (Å²) < 4.78 is 0. The second-order valence-electron chi connectivity index (χ2n) is 4.51. The Morgan fingerprint density at radius 2 is 2.00 bits per heavy atom. The zero-order valence-electron chi connectivity index (χ0n) is 9.97. The van der Waals surface area contributed by atoms with Gasteiger partial charge in [-0.05, 0) is 31.1 Å². The zero-order valence-corrected chi connectivity index (χ0v) is 9.97. The predicted octanol–water partition coefficient (Wildman–Crippen LogP) is 2.89. The molecule has 1 aromatic rings. The number of fused-ring (bicyclic) bond motifs is 1. The average molecular weight is 218 g/mol. The quantitative estimate of drug-likeness (QED) is 0.776. The third-order valence-corrected chi connectivity index (χ3v) is 3.06. The topological polar surface area (TPSA) is 38.5 Å². The maximum atomic E-state index is 5.87. The van der Waals surface area contributed by atoms with Crippen LogP contribution in [0.25, 0.3) is 6.08 Å². The standard InChI is InChI=1S/C13H18N2O/c1-9(2)10(3)15-8-7-11-12(14)5-4-6-13(11)16-15/h4-10H,14H2,1-3H3. The van der Waals surface area contributed by atoms with E-state index in [2.05, 4.69) is 20.8 Å². The molecule has 1 aromatic carbocycles. The monoisotopic (exact) mass is 218 g/mol. The summed E-state index contributed by atoms with van der Waals surface area (Å²) in [6.45, 7) is 6.50.